The Bertz CT molecular complexity index is 867. The minimum absolute atomic E-state index is 0.163. The smallest absolute Gasteiger partial charge is 0.254 e. The molecule has 2 aliphatic rings. The van der Waals surface area contributed by atoms with E-state index in [0.29, 0.717) is 5.92 Å². The lowest BCUT2D eigenvalue weighted by Crippen LogP contribution is -2.43. The quantitative estimate of drug-likeness (QED) is 0.643. The van der Waals surface area contributed by atoms with Gasteiger partial charge in [0.15, 0.2) is 0 Å². The Morgan fingerprint density at radius 1 is 0.968 bits per heavy atom. The lowest BCUT2D eigenvalue weighted by atomic mass is 9.94. The van der Waals surface area contributed by atoms with E-state index in [0.717, 1.165) is 76.1 Å². The summed E-state index contributed by atoms with van der Waals surface area (Å²) in [5.74, 6) is 0.721. The van der Waals surface area contributed by atoms with Gasteiger partial charge in [0.1, 0.15) is 0 Å². The van der Waals surface area contributed by atoms with E-state index < -0.39 is 0 Å². The maximum atomic E-state index is 13.4. The fourth-order valence-corrected chi connectivity index (χ4v) is 4.92. The van der Waals surface area contributed by atoms with Crippen LogP contribution in [0.1, 0.15) is 52.7 Å². The van der Waals surface area contributed by atoms with Gasteiger partial charge in [0.05, 0.1) is 6.10 Å². The van der Waals surface area contributed by atoms with E-state index in [9.17, 15) is 4.79 Å². The Balaban J connectivity index is 1.37. The molecule has 2 aromatic carbocycles. The second-order valence-electron chi connectivity index (χ2n) is 9.31. The van der Waals surface area contributed by atoms with E-state index >= 15 is 0 Å². The summed E-state index contributed by atoms with van der Waals surface area (Å²) >= 11 is 0. The maximum absolute atomic E-state index is 13.4. The summed E-state index contributed by atoms with van der Waals surface area (Å²) in [6.45, 7) is 9.85. The second-order valence-corrected chi connectivity index (χ2v) is 9.31. The number of hydrogen-bond acceptors (Lipinski definition) is 3. The first-order chi connectivity index (χ1) is 15.1. The molecule has 4 nitrogen and oxygen atoms in total. The third-order valence-corrected chi connectivity index (χ3v) is 6.95. The predicted molar refractivity (Wildman–Crippen MR) is 125 cm³/mol. The summed E-state index contributed by atoms with van der Waals surface area (Å²) < 4.78 is 5.88. The fraction of sp³-hybridized carbons (Fsp3) is 0.519. The minimum atomic E-state index is 0.163. The Hall–Kier alpha value is -2.17. The predicted octanol–water partition coefficient (Wildman–Crippen LogP) is 4.84. The molecule has 0 bridgehead atoms. The second kappa shape index (κ2) is 10.4. The molecule has 1 atom stereocenters. The average molecular weight is 421 g/mol. The molecule has 0 aliphatic carbocycles. The lowest BCUT2D eigenvalue weighted by Gasteiger charge is -2.36. The first kappa shape index (κ1) is 22.0. The zero-order valence-electron chi connectivity index (χ0n) is 19.1. The molecule has 0 spiro atoms. The largest absolute Gasteiger partial charge is 0.376 e. The molecule has 4 rings (SSSR count). The highest BCUT2D eigenvalue weighted by molar-refractivity contribution is 5.95. The SMILES string of the molecule is Cc1ccccc1CN1CCC(CN(C[C@@H]2CCCO2)C(=O)c2ccccc2C)CC1. The number of hydrogen-bond donors (Lipinski definition) is 0. The average Bonchev–Trinajstić information content (AvgIpc) is 3.29. The van der Waals surface area contributed by atoms with Gasteiger partial charge in [-0.2, -0.15) is 0 Å². The summed E-state index contributed by atoms with van der Waals surface area (Å²) in [5.41, 5.74) is 4.68. The zero-order valence-corrected chi connectivity index (χ0v) is 19.1. The van der Waals surface area contributed by atoms with Crippen molar-refractivity contribution in [3.63, 3.8) is 0 Å². The molecule has 166 valence electrons. The van der Waals surface area contributed by atoms with Gasteiger partial charge in [-0.05, 0) is 81.3 Å². The normalized spacial score (nSPS) is 20.1. The number of ether oxygens (including phenoxy) is 1. The monoisotopic (exact) mass is 420 g/mol. The Labute approximate surface area is 187 Å². The van der Waals surface area contributed by atoms with Crippen molar-refractivity contribution in [3.8, 4) is 0 Å². The summed E-state index contributed by atoms with van der Waals surface area (Å²) in [5, 5.41) is 0. The molecule has 2 aromatic rings. The van der Waals surface area contributed by atoms with Gasteiger partial charge >= 0.3 is 0 Å². The van der Waals surface area contributed by atoms with Crippen molar-refractivity contribution >= 4 is 5.91 Å². The van der Waals surface area contributed by atoms with Crippen LogP contribution in [0.3, 0.4) is 0 Å². The van der Waals surface area contributed by atoms with Crippen LogP contribution < -0.4 is 0 Å². The molecule has 0 radical (unpaired) electrons. The Kier molecular flexibility index (Phi) is 7.41. The van der Waals surface area contributed by atoms with E-state index in [1.807, 2.05) is 31.2 Å². The lowest BCUT2D eigenvalue weighted by molar-refractivity contribution is 0.0444. The zero-order chi connectivity index (χ0) is 21.6. The topological polar surface area (TPSA) is 32.8 Å². The van der Waals surface area contributed by atoms with E-state index in [4.69, 9.17) is 4.74 Å². The van der Waals surface area contributed by atoms with Crippen LogP contribution in [0.4, 0.5) is 0 Å². The Morgan fingerprint density at radius 2 is 1.68 bits per heavy atom. The van der Waals surface area contributed by atoms with Crippen molar-refractivity contribution in [2.75, 3.05) is 32.8 Å². The molecule has 2 heterocycles. The first-order valence-corrected chi connectivity index (χ1v) is 11.8. The molecule has 1 amide bonds. The van der Waals surface area contributed by atoms with Gasteiger partial charge in [-0.15, -0.1) is 0 Å². The summed E-state index contributed by atoms with van der Waals surface area (Å²) in [4.78, 5) is 18.1. The molecular formula is C27H36N2O2. The fourth-order valence-electron chi connectivity index (χ4n) is 4.92. The first-order valence-electron chi connectivity index (χ1n) is 11.8. The van der Waals surface area contributed by atoms with Crippen molar-refractivity contribution in [2.24, 2.45) is 5.92 Å². The molecule has 0 N–H and O–H groups in total. The third-order valence-electron chi connectivity index (χ3n) is 6.95. The number of amides is 1. The van der Waals surface area contributed by atoms with Crippen LogP contribution in [0.15, 0.2) is 48.5 Å². The summed E-state index contributed by atoms with van der Waals surface area (Å²) in [6.07, 6.45) is 4.65. The van der Waals surface area contributed by atoms with Crippen LogP contribution in [0, 0.1) is 19.8 Å². The van der Waals surface area contributed by atoms with Crippen LogP contribution >= 0.6 is 0 Å². The van der Waals surface area contributed by atoms with E-state index in [-0.39, 0.29) is 12.0 Å². The highest BCUT2D eigenvalue weighted by Gasteiger charge is 2.28. The number of carbonyl (C=O) groups is 1. The van der Waals surface area contributed by atoms with Crippen LogP contribution in [-0.2, 0) is 11.3 Å². The van der Waals surface area contributed by atoms with Crippen molar-refractivity contribution < 1.29 is 9.53 Å². The third kappa shape index (κ3) is 5.75. The summed E-state index contributed by atoms with van der Waals surface area (Å²) in [6, 6.07) is 16.6. The molecule has 2 saturated heterocycles. The highest BCUT2D eigenvalue weighted by atomic mass is 16.5. The molecule has 0 aromatic heterocycles. The van der Waals surface area contributed by atoms with Crippen molar-refractivity contribution in [2.45, 2.75) is 52.2 Å². The van der Waals surface area contributed by atoms with Gasteiger partial charge in [-0.3, -0.25) is 9.69 Å². The Morgan fingerprint density at radius 3 is 2.35 bits per heavy atom. The van der Waals surface area contributed by atoms with Crippen LogP contribution in [0.5, 0.6) is 0 Å². The van der Waals surface area contributed by atoms with Gasteiger partial charge < -0.3 is 9.64 Å². The molecule has 0 unspecified atom stereocenters. The van der Waals surface area contributed by atoms with Gasteiger partial charge in [-0.1, -0.05) is 42.5 Å². The number of likely N-dealkylation sites (tertiary alicyclic amines) is 1. The van der Waals surface area contributed by atoms with Crippen LogP contribution in [-0.4, -0.2) is 54.6 Å². The van der Waals surface area contributed by atoms with Crippen LogP contribution in [0.25, 0.3) is 0 Å². The number of aryl methyl sites for hydroxylation is 2. The maximum Gasteiger partial charge on any atom is 0.254 e. The van der Waals surface area contributed by atoms with E-state index in [2.05, 4.69) is 41.0 Å². The van der Waals surface area contributed by atoms with Crippen molar-refractivity contribution in [1.29, 1.82) is 0 Å². The standard InChI is InChI=1S/C27H36N2O2/c1-21-8-3-5-10-24(21)19-28-15-13-23(14-16-28)18-29(20-25-11-7-17-31-25)27(30)26-12-6-4-9-22(26)2/h3-6,8-10,12,23,25H,7,11,13-20H2,1-2H3/t25-/m0/s1. The van der Waals surface area contributed by atoms with Gasteiger partial charge in [0.2, 0.25) is 0 Å². The number of carbonyl (C=O) groups excluding carboxylic acids is 1. The van der Waals surface area contributed by atoms with E-state index in [1.54, 1.807) is 0 Å². The van der Waals surface area contributed by atoms with Gasteiger partial charge in [0.25, 0.3) is 5.91 Å². The molecule has 31 heavy (non-hydrogen) atoms. The van der Waals surface area contributed by atoms with Crippen LogP contribution in [0.2, 0.25) is 0 Å². The molecule has 2 aliphatic heterocycles. The molecule has 2 fully saturated rings. The number of rotatable bonds is 7. The molecule has 4 heteroatoms. The summed E-state index contributed by atoms with van der Waals surface area (Å²) in [7, 11) is 0. The van der Waals surface area contributed by atoms with Gasteiger partial charge in [-0.25, -0.2) is 0 Å². The van der Waals surface area contributed by atoms with E-state index in [1.165, 1.54) is 11.1 Å². The number of piperidine rings is 1. The molecular weight excluding hydrogens is 384 g/mol. The van der Waals surface area contributed by atoms with Crippen molar-refractivity contribution in [1.82, 2.24) is 9.80 Å². The minimum Gasteiger partial charge on any atom is -0.376 e. The van der Waals surface area contributed by atoms with Crippen molar-refractivity contribution in [3.05, 3.63) is 70.8 Å². The number of benzene rings is 2. The number of nitrogens with zero attached hydrogens (tertiary/aromatic N) is 2. The highest BCUT2D eigenvalue weighted by Crippen LogP contribution is 2.24. The van der Waals surface area contributed by atoms with Gasteiger partial charge in [0, 0.05) is 31.8 Å². The molecule has 0 saturated carbocycles.